The van der Waals surface area contributed by atoms with Crippen molar-refractivity contribution in [3.63, 3.8) is 0 Å². The lowest BCUT2D eigenvalue weighted by Gasteiger charge is -1.93. The second kappa shape index (κ2) is 17.8. The SMILES string of the molecule is C=C(C)OC(C)=O.C=CCl.C=COC. The zero-order valence-corrected chi connectivity index (χ0v) is 9.63. The fourth-order valence-corrected chi connectivity index (χ4v) is 0.245. The number of halogens is 1. The predicted octanol–water partition coefficient (Wildman–Crippen LogP) is 3.23. The highest BCUT2D eigenvalue weighted by molar-refractivity contribution is 6.25. The summed E-state index contributed by atoms with van der Waals surface area (Å²) in [6.45, 7) is 12.7. The molecule has 0 aromatic heterocycles. The van der Waals surface area contributed by atoms with Crippen molar-refractivity contribution in [2.75, 3.05) is 7.11 Å². The molecule has 0 saturated carbocycles. The third-order valence-corrected chi connectivity index (χ3v) is 0.485. The molecule has 0 heterocycles. The molecule has 0 N–H and O–H groups in total. The van der Waals surface area contributed by atoms with E-state index in [2.05, 4.69) is 29.2 Å². The molecule has 4 heteroatoms. The lowest BCUT2D eigenvalue weighted by molar-refractivity contribution is -0.136. The minimum atomic E-state index is -0.312. The molecular formula is C10H17ClO3. The van der Waals surface area contributed by atoms with E-state index in [1.165, 1.54) is 18.7 Å². The number of esters is 1. The molecule has 0 aromatic rings. The Morgan fingerprint density at radius 3 is 1.64 bits per heavy atom. The van der Waals surface area contributed by atoms with Crippen LogP contribution in [0.3, 0.4) is 0 Å². The van der Waals surface area contributed by atoms with E-state index in [0.29, 0.717) is 5.76 Å². The minimum Gasteiger partial charge on any atom is -0.505 e. The van der Waals surface area contributed by atoms with Crippen molar-refractivity contribution in [2.24, 2.45) is 0 Å². The summed E-state index contributed by atoms with van der Waals surface area (Å²) in [5.74, 6) is 0.125. The van der Waals surface area contributed by atoms with Crippen molar-refractivity contribution >= 4 is 17.6 Å². The second-order valence-electron chi connectivity index (χ2n) is 1.85. The van der Waals surface area contributed by atoms with Crippen LogP contribution in [0.2, 0.25) is 0 Å². The lowest BCUT2D eigenvalue weighted by Crippen LogP contribution is -1.93. The zero-order chi connectivity index (χ0) is 12.0. The number of rotatable bonds is 2. The zero-order valence-electron chi connectivity index (χ0n) is 8.88. The molecule has 3 nitrogen and oxygen atoms in total. The average molecular weight is 221 g/mol. The molecule has 0 unspecified atom stereocenters. The van der Waals surface area contributed by atoms with Gasteiger partial charge in [-0.3, -0.25) is 4.79 Å². The first-order valence-electron chi connectivity index (χ1n) is 3.64. The molecule has 0 spiro atoms. The third kappa shape index (κ3) is 72.2. The molecule has 0 amide bonds. The summed E-state index contributed by atoms with van der Waals surface area (Å²) in [6.07, 6.45) is 1.38. The molecule has 0 aliphatic carbocycles. The molecule has 0 aliphatic rings. The summed E-state index contributed by atoms with van der Waals surface area (Å²) >= 11 is 4.76. The van der Waals surface area contributed by atoms with Gasteiger partial charge in [0.15, 0.2) is 0 Å². The smallest absolute Gasteiger partial charge is 0.307 e. The van der Waals surface area contributed by atoms with Crippen LogP contribution >= 0.6 is 11.6 Å². The van der Waals surface area contributed by atoms with Gasteiger partial charge in [-0.05, 0) is 12.5 Å². The van der Waals surface area contributed by atoms with Crippen LogP contribution in [0.5, 0.6) is 0 Å². The van der Waals surface area contributed by atoms with Gasteiger partial charge in [0.25, 0.3) is 0 Å². The normalized spacial score (nSPS) is 6.29. The quantitative estimate of drug-likeness (QED) is 0.530. The Balaban J connectivity index is -0.000000147. The molecule has 0 aromatic carbocycles. The fraction of sp³-hybridized carbons (Fsp3) is 0.300. The Labute approximate surface area is 90.7 Å². The van der Waals surface area contributed by atoms with Gasteiger partial charge in [0.2, 0.25) is 0 Å². The van der Waals surface area contributed by atoms with Gasteiger partial charge in [0, 0.05) is 6.92 Å². The molecule has 0 saturated heterocycles. The van der Waals surface area contributed by atoms with Crippen LogP contribution in [-0.2, 0) is 14.3 Å². The number of methoxy groups -OCH3 is 1. The minimum absolute atomic E-state index is 0.312. The maximum Gasteiger partial charge on any atom is 0.307 e. The largest absolute Gasteiger partial charge is 0.505 e. The van der Waals surface area contributed by atoms with Crippen LogP contribution in [0.4, 0.5) is 0 Å². The van der Waals surface area contributed by atoms with Gasteiger partial charge in [-0.15, -0.1) is 0 Å². The lowest BCUT2D eigenvalue weighted by atomic mass is 10.6. The van der Waals surface area contributed by atoms with Crippen molar-refractivity contribution in [1.82, 2.24) is 0 Å². The third-order valence-electron chi connectivity index (χ3n) is 0.485. The molecule has 0 atom stereocenters. The van der Waals surface area contributed by atoms with E-state index >= 15 is 0 Å². The number of ether oxygens (including phenoxy) is 2. The van der Waals surface area contributed by atoms with Crippen LogP contribution in [0, 0.1) is 0 Å². The first-order valence-corrected chi connectivity index (χ1v) is 4.08. The fourth-order valence-electron chi connectivity index (χ4n) is 0.245. The standard InChI is InChI=1S/C5H8O2.C3H6O.C2H3Cl/c1-4(2)7-5(3)6;1-3-4-2;1-2-3/h1H2,2-3H3;3H,1H2,2H3;2H,1H2. The molecule has 82 valence electrons. The van der Waals surface area contributed by atoms with E-state index in [1.807, 2.05) is 0 Å². The summed E-state index contributed by atoms with van der Waals surface area (Å²) in [4.78, 5) is 9.97. The molecule has 0 radical (unpaired) electrons. The second-order valence-corrected chi connectivity index (χ2v) is 2.16. The van der Waals surface area contributed by atoms with Crippen molar-refractivity contribution in [1.29, 1.82) is 0 Å². The van der Waals surface area contributed by atoms with E-state index in [1.54, 1.807) is 14.0 Å². The van der Waals surface area contributed by atoms with Crippen LogP contribution in [-0.4, -0.2) is 13.1 Å². The summed E-state index contributed by atoms with van der Waals surface area (Å²) in [7, 11) is 1.56. The van der Waals surface area contributed by atoms with Crippen LogP contribution < -0.4 is 0 Å². The Morgan fingerprint density at radius 1 is 1.36 bits per heavy atom. The highest BCUT2D eigenvalue weighted by Gasteiger charge is 1.87. The average Bonchev–Trinajstić information content (AvgIpc) is 2.04. The highest BCUT2D eigenvalue weighted by atomic mass is 35.5. The highest BCUT2D eigenvalue weighted by Crippen LogP contribution is 1.87. The summed E-state index contributed by atoms with van der Waals surface area (Å²) in [5.41, 5.74) is 1.22. The number of hydrogen-bond donors (Lipinski definition) is 0. The van der Waals surface area contributed by atoms with Gasteiger partial charge in [0.05, 0.1) is 19.1 Å². The van der Waals surface area contributed by atoms with Gasteiger partial charge >= 0.3 is 5.97 Å². The van der Waals surface area contributed by atoms with Crippen molar-refractivity contribution in [3.8, 4) is 0 Å². The van der Waals surface area contributed by atoms with E-state index in [9.17, 15) is 4.79 Å². The molecular weight excluding hydrogens is 204 g/mol. The number of carbonyl (C=O) groups excluding carboxylic acids is 1. The van der Waals surface area contributed by atoms with Gasteiger partial charge < -0.3 is 9.47 Å². The summed E-state index contributed by atoms with van der Waals surface area (Å²) in [5, 5.41) is 0. The number of carbonyl (C=O) groups is 1. The first-order chi connectivity index (χ1) is 6.45. The predicted molar refractivity (Wildman–Crippen MR) is 59.8 cm³/mol. The van der Waals surface area contributed by atoms with E-state index in [-0.39, 0.29) is 5.97 Å². The van der Waals surface area contributed by atoms with Crippen molar-refractivity contribution in [2.45, 2.75) is 13.8 Å². The Bertz CT molecular complexity index is 164. The Hall–Kier alpha value is -1.22. The van der Waals surface area contributed by atoms with Crippen molar-refractivity contribution < 1.29 is 14.3 Å². The molecule has 0 fully saturated rings. The van der Waals surface area contributed by atoms with E-state index in [4.69, 9.17) is 11.6 Å². The van der Waals surface area contributed by atoms with E-state index in [0.717, 1.165) is 0 Å². The van der Waals surface area contributed by atoms with Crippen LogP contribution in [0.15, 0.2) is 37.3 Å². The Kier molecular flexibility index (Phi) is 23.5. The maximum absolute atomic E-state index is 9.97. The van der Waals surface area contributed by atoms with Gasteiger partial charge in [-0.1, -0.05) is 31.3 Å². The molecule has 0 aliphatic heterocycles. The van der Waals surface area contributed by atoms with Crippen LogP contribution in [0.25, 0.3) is 0 Å². The van der Waals surface area contributed by atoms with Crippen molar-refractivity contribution in [3.05, 3.63) is 37.3 Å². The molecule has 0 bridgehead atoms. The van der Waals surface area contributed by atoms with Gasteiger partial charge in [0.1, 0.15) is 0 Å². The first kappa shape index (κ1) is 18.5. The summed E-state index contributed by atoms with van der Waals surface area (Å²) < 4.78 is 8.72. The topological polar surface area (TPSA) is 35.5 Å². The Morgan fingerprint density at radius 2 is 1.64 bits per heavy atom. The van der Waals surface area contributed by atoms with Crippen LogP contribution in [0.1, 0.15) is 13.8 Å². The maximum atomic E-state index is 9.97. The van der Waals surface area contributed by atoms with E-state index < -0.39 is 0 Å². The molecule has 0 rings (SSSR count). The monoisotopic (exact) mass is 220 g/mol. The summed E-state index contributed by atoms with van der Waals surface area (Å²) in [6, 6.07) is 0. The van der Waals surface area contributed by atoms with Gasteiger partial charge in [-0.25, -0.2) is 0 Å². The van der Waals surface area contributed by atoms with Gasteiger partial charge in [-0.2, -0.15) is 0 Å². The number of hydrogen-bond acceptors (Lipinski definition) is 3. The number of allylic oxidation sites excluding steroid dienone is 1. The molecule has 14 heavy (non-hydrogen) atoms.